The fraction of sp³-hybridized carbons (Fsp3) is 0.0588. The van der Waals surface area contributed by atoms with Crippen molar-refractivity contribution in [3.63, 3.8) is 0 Å². The van der Waals surface area contributed by atoms with E-state index >= 15 is 0 Å². The van der Waals surface area contributed by atoms with Gasteiger partial charge < -0.3 is 0 Å². The molecule has 0 aliphatic heterocycles. The van der Waals surface area contributed by atoms with Crippen LogP contribution in [-0.4, -0.2) is 0 Å². The molecular formula is C17H10F4. The SMILES string of the molecule is Fc1ccc2ccc(-c3ccc(C(F)(F)F)cc3)cc2c1. The molecule has 0 unspecified atom stereocenters. The van der Waals surface area contributed by atoms with Crippen molar-refractivity contribution in [3.05, 3.63) is 72.0 Å². The van der Waals surface area contributed by atoms with E-state index in [2.05, 4.69) is 0 Å². The Labute approximate surface area is 118 Å². The molecule has 0 radical (unpaired) electrons. The molecule has 0 heterocycles. The minimum Gasteiger partial charge on any atom is -0.207 e. The lowest BCUT2D eigenvalue weighted by atomic mass is 10.00. The lowest BCUT2D eigenvalue weighted by molar-refractivity contribution is -0.137. The zero-order valence-electron chi connectivity index (χ0n) is 10.8. The fourth-order valence-corrected chi connectivity index (χ4v) is 2.25. The molecule has 0 amide bonds. The van der Waals surface area contributed by atoms with Crippen molar-refractivity contribution in [2.45, 2.75) is 6.18 Å². The molecule has 0 N–H and O–H groups in total. The minimum absolute atomic E-state index is 0.341. The Bertz CT molecular complexity index is 786. The summed E-state index contributed by atoms with van der Waals surface area (Å²) in [5, 5.41) is 1.60. The zero-order chi connectivity index (χ0) is 15.0. The molecule has 3 rings (SSSR count). The molecule has 0 saturated carbocycles. The van der Waals surface area contributed by atoms with E-state index < -0.39 is 11.7 Å². The highest BCUT2D eigenvalue weighted by atomic mass is 19.4. The number of rotatable bonds is 1. The van der Waals surface area contributed by atoms with E-state index in [0.717, 1.165) is 23.1 Å². The third-order valence-electron chi connectivity index (χ3n) is 3.35. The molecule has 21 heavy (non-hydrogen) atoms. The van der Waals surface area contributed by atoms with E-state index in [1.165, 1.54) is 24.3 Å². The molecule has 0 atom stereocenters. The molecule has 0 bridgehead atoms. The maximum atomic E-state index is 13.2. The highest BCUT2D eigenvalue weighted by Crippen LogP contribution is 2.31. The van der Waals surface area contributed by atoms with Crippen LogP contribution in [0.5, 0.6) is 0 Å². The number of alkyl halides is 3. The standard InChI is InChI=1S/C17H10F4/c18-16-8-5-12-1-2-13(9-14(12)10-16)11-3-6-15(7-4-11)17(19,20)21/h1-10H. The Morgan fingerprint density at radius 2 is 1.24 bits per heavy atom. The third-order valence-corrected chi connectivity index (χ3v) is 3.35. The number of hydrogen-bond acceptors (Lipinski definition) is 0. The van der Waals surface area contributed by atoms with Crippen LogP contribution in [0.2, 0.25) is 0 Å². The summed E-state index contributed by atoms with van der Waals surface area (Å²) in [6.45, 7) is 0. The molecule has 106 valence electrons. The largest absolute Gasteiger partial charge is 0.416 e. The van der Waals surface area contributed by atoms with Crippen LogP contribution in [0.15, 0.2) is 60.7 Å². The van der Waals surface area contributed by atoms with Gasteiger partial charge in [-0.05, 0) is 52.2 Å². The summed E-state index contributed by atoms with van der Waals surface area (Å²) in [7, 11) is 0. The van der Waals surface area contributed by atoms with E-state index in [1.54, 1.807) is 12.1 Å². The predicted molar refractivity (Wildman–Crippen MR) is 74.3 cm³/mol. The predicted octanol–water partition coefficient (Wildman–Crippen LogP) is 5.66. The average molecular weight is 290 g/mol. The van der Waals surface area contributed by atoms with Gasteiger partial charge >= 0.3 is 6.18 Å². The van der Waals surface area contributed by atoms with E-state index in [9.17, 15) is 17.6 Å². The lowest BCUT2D eigenvalue weighted by Crippen LogP contribution is -2.03. The molecular weight excluding hydrogens is 280 g/mol. The first-order chi connectivity index (χ1) is 9.93. The van der Waals surface area contributed by atoms with Gasteiger partial charge in [-0.15, -0.1) is 0 Å². The number of benzene rings is 3. The summed E-state index contributed by atoms with van der Waals surface area (Å²) in [5.74, 6) is -0.341. The van der Waals surface area contributed by atoms with Crippen LogP contribution in [0, 0.1) is 5.82 Å². The van der Waals surface area contributed by atoms with Crippen LogP contribution in [0.4, 0.5) is 17.6 Å². The van der Waals surface area contributed by atoms with Crippen molar-refractivity contribution in [1.29, 1.82) is 0 Å². The van der Waals surface area contributed by atoms with Gasteiger partial charge in [0, 0.05) is 0 Å². The molecule has 4 heteroatoms. The first-order valence-corrected chi connectivity index (χ1v) is 6.30. The normalized spacial score (nSPS) is 11.8. The van der Waals surface area contributed by atoms with Crippen molar-refractivity contribution >= 4 is 10.8 Å². The molecule has 0 saturated heterocycles. The molecule has 0 aliphatic rings. The monoisotopic (exact) mass is 290 g/mol. The summed E-state index contributed by atoms with van der Waals surface area (Å²) >= 11 is 0. The molecule has 0 nitrogen and oxygen atoms in total. The number of halogens is 4. The summed E-state index contributed by atoms with van der Waals surface area (Å²) < 4.78 is 50.8. The van der Waals surface area contributed by atoms with Crippen LogP contribution in [0.1, 0.15) is 5.56 Å². The topological polar surface area (TPSA) is 0 Å². The van der Waals surface area contributed by atoms with Crippen molar-refractivity contribution in [3.8, 4) is 11.1 Å². The summed E-state index contributed by atoms with van der Waals surface area (Å²) in [4.78, 5) is 0. The van der Waals surface area contributed by atoms with Crippen LogP contribution in [0.25, 0.3) is 21.9 Å². The van der Waals surface area contributed by atoms with Gasteiger partial charge in [-0.1, -0.05) is 30.3 Å². The Hall–Kier alpha value is -2.36. The highest BCUT2D eigenvalue weighted by Gasteiger charge is 2.29. The molecule has 0 aromatic heterocycles. The second kappa shape index (κ2) is 4.88. The summed E-state index contributed by atoms with van der Waals surface area (Å²) in [5.41, 5.74) is 0.731. The second-order valence-corrected chi connectivity index (χ2v) is 4.78. The van der Waals surface area contributed by atoms with E-state index in [0.29, 0.717) is 10.9 Å². The van der Waals surface area contributed by atoms with Crippen LogP contribution in [0.3, 0.4) is 0 Å². The summed E-state index contributed by atoms with van der Waals surface area (Å²) in [6, 6.07) is 14.8. The van der Waals surface area contributed by atoms with Crippen molar-refractivity contribution < 1.29 is 17.6 Å². The Morgan fingerprint density at radius 1 is 0.619 bits per heavy atom. The smallest absolute Gasteiger partial charge is 0.207 e. The first kappa shape index (κ1) is 13.6. The molecule has 3 aromatic carbocycles. The van der Waals surface area contributed by atoms with Gasteiger partial charge in [-0.25, -0.2) is 4.39 Å². The Balaban J connectivity index is 2.04. The van der Waals surface area contributed by atoms with E-state index in [-0.39, 0.29) is 5.82 Å². The molecule has 0 spiro atoms. The third kappa shape index (κ3) is 2.75. The zero-order valence-corrected chi connectivity index (χ0v) is 10.8. The van der Waals surface area contributed by atoms with Crippen LogP contribution >= 0.6 is 0 Å². The number of hydrogen-bond donors (Lipinski definition) is 0. The van der Waals surface area contributed by atoms with Crippen LogP contribution in [-0.2, 0) is 6.18 Å². The minimum atomic E-state index is -4.34. The van der Waals surface area contributed by atoms with Crippen molar-refractivity contribution in [2.24, 2.45) is 0 Å². The van der Waals surface area contributed by atoms with Gasteiger partial charge in [-0.2, -0.15) is 13.2 Å². The first-order valence-electron chi connectivity index (χ1n) is 6.30. The van der Waals surface area contributed by atoms with Crippen molar-refractivity contribution in [1.82, 2.24) is 0 Å². The van der Waals surface area contributed by atoms with E-state index in [1.807, 2.05) is 12.1 Å². The quantitative estimate of drug-likeness (QED) is 0.507. The van der Waals surface area contributed by atoms with Crippen LogP contribution < -0.4 is 0 Å². The fourth-order valence-electron chi connectivity index (χ4n) is 2.25. The van der Waals surface area contributed by atoms with Gasteiger partial charge in [0.05, 0.1) is 5.56 Å². The van der Waals surface area contributed by atoms with Gasteiger partial charge in [-0.3, -0.25) is 0 Å². The van der Waals surface area contributed by atoms with Gasteiger partial charge in [0.2, 0.25) is 0 Å². The van der Waals surface area contributed by atoms with Gasteiger partial charge in [0.1, 0.15) is 5.82 Å². The van der Waals surface area contributed by atoms with Gasteiger partial charge in [0.25, 0.3) is 0 Å². The molecule has 3 aromatic rings. The number of fused-ring (bicyclic) bond motifs is 1. The van der Waals surface area contributed by atoms with E-state index in [4.69, 9.17) is 0 Å². The maximum absolute atomic E-state index is 13.2. The molecule has 0 aliphatic carbocycles. The van der Waals surface area contributed by atoms with Gasteiger partial charge in [0.15, 0.2) is 0 Å². The highest BCUT2D eigenvalue weighted by molar-refractivity contribution is 5.87. The maximum Gasteiger partial charge on any atom is 0.416 e. The molecule has 0 fully saturated rings. The Morgan fingerprint density at radius 3 is 1.90 bits per heavy atom. The Kier molecular flexibility index (Phi) is 3.16. The summed E-state index contributed by atoms with van der Waals surface area (Å²) in [6.07, 6.45) is -4.34. The second-order valence-electron chi connectivity index (χ2n) is 4.78. The average Bonchev–Trinajstić information content (AvgIpc) is 2.45. The lowest BCUT2D eigenvalue weighted by Gasteiger charge is -2.08. The van der Waals surface area contributed by atoms with Crippen molar-refractivity contribution in [2.75, 3.05) is 0 Å².